The maximum Gasteiger partial charge on any atom is 0.137 e. The first-order chi connectivity index (χ1) is 9.63. The second-order valence-electron chi connectivity index (χ2n) is 4.96. The van der Waals surface area contributed by atoms with Crippen LogP contribution in [0, 0.1) is 13.8 Å². The number of imidazole rings is 1. The molecule has 0 aliphatic heterocycles. The molecule has 0 aliphatic rings. The van der Waals surface area contributed by atoms with E-state index in [4.69, 9.17) is 0 Å². The smallest absolute Gasteiger partial charge is 0.137 e. The van der Waals surface area contributed by atoms with Crippen LogP contribution in [-0.4, -0.2) is 31.5 Å². The SMILES string of the molecule is Cc1nnc(CN(C)Cc2c(C)nc3ccccn23)s1. The van der Waals surface area contributed by atoms with E-state index in [9.17, 15) is 0 Å². The molecule has 104 valence electrons. The number of pyridine rings is 1. The average Bonchev–Trinajstić information content (AvgIpc) is 2.94. The van der Waals surface area contributed by atoms with Crippen molar-refractivity contribution in [2.75, 3.05) is 7.05 Å². The van der Waals surface area contributed by atoms with Gasteiger partial charge in [-0.2, -0.15) is 0 Å². The Morgan fingerprint density at radius 1 is 1.20 bits per heavy atom. The Hall–Kier alpha value is -1.79. The minimum atomic E-state index is 0.811. The molecule has 0 unspecified atom stereocenters. The van der Waals surface area contributed by atoms with Crippen molar-refractivity contribution in [1.82, 2.24) is 24.5 Å². The third-order valence-electron chi connectivity index (χ3n) is 3.22. The molecule has 3 heterocycles. The van der Waals surface area contributed by atoms with Crippen LogP contribution < -0.4 is 0 Å². The van der Waals surface area contributed by atoms with Gasteiger partial charge in [-0.25, -0.2) is 4.98 Å². The summed E-state index contributed by atoms with van der Waals surface area (Å²) in [5.74, 6) is 0. The standard InChI is InChI=1S/C14H17N5S/c1-10-12(19-7-5-4-6-13(19)15-10)8-18(3)9-14-17-16-11(2)20-14/h4-7H,8-9H2,1-3H3. The second kappa shape index (κ2) is 5.30. The monoisotopic (exact) mass is 287 g/mol. The van der Waals surface area contributed by atoms with Gasteiger partial charge in [-0.1, -0.05) is 6.07 Å². The Balaban J connectivity index is 1.80. The maximum atomic E-state index is 4.59. The van der Waals surface area contributed by atoms with E-state index in [1.54, 1.807) is 11.3 Å². The molecule has 0 aliphatic carbocycles. The molecule has 0 spiro atoms. The molecule has 0 fully saturated rings. The van der Waals surface area contributed by atoms with E-state index in [1.807, 2.05) is 25.1 Å². The van der Waals surface area contributed by atoms with Crippen molar-refractivity contribution < 1.29 is 0 Å². The van der Waals surface area contributed by atoms with Crippen molar-refractivity contribution in [1.29, 1.82) is 0 Å². The van der Waals surface area contributed by atoms with E-state index in [1.165, 1.54) is 5.69 Å². The van der Waals surface area contributed by atoms with Gasteiger partial charge in [0, 0.05) is 12.7 Å². The predicted octanol–water partition coefficient (Wildman–Crippen LogP) is 2.43. The largest absolute Gasteiger partial charge is 0.302 e. The lowest BCUT2D eigenvalue weighted by Crippen LogP contribution is -2.18. The van der Waals surface area contributed by atoms with Crippen LogP contribution in [0.15, 0.2) is 24.4 Å². The number of hydrogen-bond acceptors (Lipinski definition) is 5. The third-order valence-corrected chi connectivity index (χ3v) is 4.05. The van der Waals surface area contributed by atoms with Gasteiger partial charge in [-0.15, -0.1) is 21.5 Å². The van der Waals surface area contributed by atoms with Crippen molar-refractivity contribution in [3.63, 3.8) is 0 Å². The topological polar surface area (TPSA) is 46.3 Å². The van der Waals surface area contributed by atoms with Gasteiger partial charge in [-0.05, 0) is 33.0 Å². The van der Waals surface area contributed by atoms with Gasteiger partial charge in [0.2, 0.25) is 0 Å². The molecule has 0 saturated carbocycles. The van der Waals surface area contributed by atoms with Crippen molar-refractivity contribution in [3.8, 4) is 0 Å². The molecule has 3 aromatic heterocycles. The Bertz CT molecular complexity index is 730. The highest BCUT2D eigenvalue weighted by Crippen LogP contribution is 2.16. The first-order valence-corrected chi connectivity index (χ1v) is 7.35. The first-order valence-electron chi connectivity index (χ1n) is 6.53. The third kappa shape index (κ3) is 2.57. The molecule has 20 heavy (non-hydrogen) atoms. The van der Waals surface area contributed by atoms with Gasteiger partial charge in [-0.3, -0.25) is 4.90 Å². The highest BCUT2D eigenvalue weighted by Gasteiger charge is 2.12. The summed E-state index contributed by atoms with van der Waals surface area (Å²) in [4.78, 5) is 6.83. The molecule has 0 bridgehead atoms. The Morgan fingerprint density at radius 3 is 2.80 bits per heavy atom. The van der Waals surface area contributed by atoms with E-state index in [2.05, 4.69) is 44.7 Å². The van der Waals surface area contributed by atoms with Crippen LogP contribution in [0.1, 0.15) is 21.4 Å². The maximum absolute atomic E-state index is 4.59. The Morgan fingerprint density at radius 2 is 2.05 bits per heavy atom. The van der Waals surface area contributed by atoms with Crippen molar-refractivity contribution in [2.45, 2.75) is 26.9 Å². The summed E-state index contributed by atoms with van der Waals surface area (Å²) in [5.41, 5.74) is 3.31. The number of fused-ring (bicyclic) bond motifs is 1. The minimum Gasteiger partial charge on any atom is -0.302 e. The van der Waals surface area contributed by atoms with Gasteiger partial charge in [0.1, 0.15) is 15.7 Å². The summed E-state index contributed by atoms with van der Waals surface area (Å²) in [6.07, 6.45) is 2.06. The molecule has 0 aromatic carbocycles. The van der Waals surface area contributed by atoms with Gasteiger partial charge in [0.25, 0.3) is 0 Å². The van der Waals surface area contributed by atoms with Crippen molar-refractivity contribution in [2.24, 2.45) is 0 Å². The van der Waals surface area contributed by atoms with Crippen LogP contribution in [0.4, 0.5) is 0 Å². The molecular weight excluding hydrogens is 270 g/mol. The molecule has 0 atom stereocenters. The van der Waals surface area contributed by atoms with E-state index in [0.29, 0.717) is 0 Å². The molecule has 3 aromatic rings. The molecule has 0 saturated heterocycles. The molecule has 0 amide bonds. The van der Waals surface area contributed by atoms with E-state index < -0.39 is 0 Å². The average molecular weight is 287 g/mol. The van der Waals surface area contributed by atoms with Gasteiger partial charge in [0.05, 0.1) is 17.9 Å². The fourth-order valence-electron chi connectivity index (χ4n) is 2.30. The summed E-state index contributed by atoms with van der Waals surface area (Å²) in [7, 11) is 2.10. The van der Waals surface area contributed by atoms with Crippen LogP contribution in [0.2, 0.25) is 0 Å². The fourth-order valence-corrected chi connectivity index (χ4v) is 3.09. The normalized spacial score (nSPS) is 11.6. The first kappa shape index (κ1) is 13.2. The Labute approximate surface area is 121 Å². The zero-order valence-corrected chi connectivity index (χ0v) is 12.7. The predicted molar refractivity (Wildman–Crippen MR) is 79.7 cm³/mol. The molecule has 5 nitrogen and oxygen atoms in total. The molecule has 0 radical (unpaired) electrons. The number of rotatable bonds is 4. The highest BCUT2D eigenvalue weighted by molar-refractivity contribution is 7.11. The van der Waals surface area contributed by atoms with Crippen LogP contribution in [0.5, 0.6) is 0 Å². The number of hydrogen-bond donors (Lipinski definition) is 0. The summed E-state index contributed by atoms with van der Waals surface area (Å²) < 4.78 is 2.15. The Kier molecular flexibility index (Phi) is 3.50. The summed E-state index contributed by atoms with van der Waals surface area (Å²) >= 11 is 1.65. The lowest BCUT2D eigenvalue weighted by atomic mass is 10.3. The molecule has 6 heteroatoms. The van der Waals surface area contributed by atoms with E-state index in [-0.39, 0.29) is 0 Å². The summed E-state index contributed by atoms with van der Waals surface area (Å²) in [6.45, 7) is 5.70. The van der Waals surface area contributed by atoms with Gasteiger partial charge in [0.15, 0.2) is 0 Å². The summed E-state index contributed by atoms with van der Waals surface area (Å²) in [5, 5.41) is 10.3. The lowest BCUT2D eigenvalue weighted by molar-refractivity contribution is 0.312. The molecule has 0 N–H and O–H groups in total. The van der Waals surface area contributed by atoms with E-state index >= 15 is 0 Å². The zero-order valence-electron chi connectivity index (χ0n) is 11.9. The van der Waals surface area contributed by atoms with Crippen LogP contribution in [-0.2, 0) is 13.1 Å². The van der Waals surface area contributed by atoms with Crippen LogP contribution >= 0.6 is 11.3 Å². The van der Waals surface area contributed by atoms with Gasteiger partial charge < -0.3 is 4.40 Å². The van der Waals surface area contributed by atoms with E-state index in [0.717, 1.165) is 34.4 Å². The number of aromatic nitrogens is 4. The zero-order chi connectivity index (χ0) is 14.1. The number of aryl methyl sites for hydroxylation is 2. The highest BCUT2D eigenvalue weighted by atomic mass is 32.1. The minimum absolute atomic E-state index is 0.811. The van der Waals surface area contributed by atoms with Gasteiger partial charge >= 0.3 is 0 Å². The summed E-state index contributed by atoms with van der Waals surface area (Å²) in [6, 6.07) is 6.08. The fraction of sp³-hybridized carbons (Fsp3) is 0.357. The van der Waals surface area contributed by atoms with Crippen molar-refractivity contribution >= 4 is 17.0 Å². The molecule has 3 rings (SSSR count). The van der Waals surface area contributed by atoms with Crippen LogP contribution in [0.25, 0.3) is 5.65 Å². The quantitative estimate of drug-likeness (QED) is 0.739. The van der Waals surface area contributed by atoms with Crippen molar-refractivity contribution in [3.05, 3.63) is 45.8 Å². The second-order valence-corrected chi connectivity index (χ2v) is 6.23. The number of nitrogens with zero attached hydrogens (tertiary/aromatic N) is 5. The van der Waals surface area contributed by atoms with Crippen LogP contribution in [0.3, 0.4) is 0 Å². The molecular formula is C14H17N5S. The lowest BCUT2D eigenvalue weighted by Gasteiger charge is -2.15.